The standard InChI is InChI=1S/C16H29NO3/c1-7-8-9-12(14(19)20-15(2,3)4)17-13(18)11-10-16(11,5)6/h11-12H,7-10H2,1-6H3,(H,17,18)/t11?,12-/m0/s1. The topological polar surface area (TPSA) is 55.4 Å². The van der Waals surface area contributed by atoms with E-state index in [2.05, 4.69) is 26.1 Å². The third-order valence-electron chi connectivity index (χ3n) is 3.68. The van der Waals surface area contributed by atoms with Crippen molar-refractivity contribution < 1.29 is 14.3 Å². The first-order valence-electron chi connectivity index (χ1n) is 7.60. The van der Waals surface area contributed by atoms with Gasteiger partial charge in [0.1, 0.15) is 11.6 Å². The Morgan fingerprint density at radius 2 is 1.90 bits per heavy atom. The number of hydrogen-bond acceptors (Lipinski definition) is 3. The van der Waals surface area contributed by atoms with Crippen LogP contribution in [0, 0.1) is 11.3 Å². The normalized spacial score (nSPS) is 22.0. The Bertz CT molecular complexity index is 368. The van der Waals surface area contributed by atoms with Gasteiger partial charge in [0.2, 0.25) is 5.91 Å². The maximum absolute atomic E-state index is 12.2. The van der Waals surface area contributed by atoms with Crippen molar-refractivity contribution in [3.63, 3.8) is 0 Å². The van der Waals surface area contributed by atoms with Crippen LogP contribution in [-0.2, 0) is 14.3 Å². The molecule has 0 radical (unpaired) electrons. The molecule has 0 heterocycles. The highest BCUT2D eigenvalue weighted by Gasteiger charge is 2.51. The van der Waals surface area contributed by atoms with E-state index in [1.807, 2.05) is 20.8 Å². The smallest absolute Gasteiger partial charge is 0.329 e. The molecule has 1 amide bonds. The molecule has 0 aromatic heterocycles. The Morgan fingerprint density at radius 1 is 1.35 bits per heavy atom. The highest BCUT2D eigenvalue weighted by Crippen LogP contribution is 2.51. The summed E-state index contributed by atoms with van der Waals surface area (Å²) in [5, 5.41) is 2.88. The molecule has 0 aromatic rings. The minimum absolute atomic E-state index is 0.0121. The van der Waals surface area contributed by atoms with E-state index in [-0.39, 0.29) is 23.2 Å². The minimum Gasteiger partial charge on any atom is -0.458 e. The SMILES string of the molecule is CCCC[C@H](NC(=O)C1CC1(C)C)C(=O)OC(C)(C)C. The Morgan fingerprint density at radius 3 is 2.30 bits per heavy atom. The number of amides is 1. The van der Waals surface area contributed by atoms with Gasteiger partial charge in [-0.2, -0.15) is 0 Å². The number of rotatable bonds is 6. The van der Waals surface area contributed by atoms with Crippen LogP contribution in [0.3, 0.4) is 0 Å². The van der Waals surface area contributed by atoms with Gasteiger partial charge in [-0.3, -0.25) is 4.79 Å². The second kappa shape index (κ2) is 6.15. The van der Waals surface area contributed by atoms with Crippen LogP contribution in [0.1, 0.15) is 67.2 Å². The lowest BCUT2D eigenvalue weighted by atomic mass is 10.1. The van der Waals surface area contributed by atoms with E-state index in [4.69, 9.17) is 4.74 Å². The first kappa shape index (κ1) is 17.0. The summed E-state index contributed by atoms with van der Waals surface area (Å²) >= 11 is 0. The average Bonchev–Trinajstić information content (AvgIpc) is 2.91. The van der Waals surface area contributed by atoms with E-state index in [1.165, 1.54) is 0 Å². The summed E-state index contributed by atoms with van der Waals surface area (Å²) in [7, 11) is 0. The fraction of sp³-hybridized carbons (Fsp3) is 0.875. The predicted molar refractivity (Wildman–Crippen MR) is 79.2 cm³/mol. The van der Waals surface area contributed by atoms with Crippen LogP contribution < -0.4 is 5.32 Å². The van der Waals surface area contributed by atoms with E-state index in [0.717, 1.165) is 19.3 Å². The van der Waals surface area contributed by atoms with E-state index < -0.39 is 11.6 Å². The van der Waals surface area contributed by atoms with Gasteiger partial charge in [0.25, 0.3) is 0 Å². The van der Waals surface area contributed by atoms with Gasteiger partial charge in [-0.15, -0.1) is 0 Å². The van der Waals surface area contributed by atoms with Crippen molar-refractivity contribution in [3.05, 3.63) is 0 Å². The first-order chi connectivity index (χ1) is 9.07. The molecular formula is C16H29NO3. The summed E-state index contributed by atoms with van der Waals surface area (Å²) in [6.45, 7) is 11.7. The van der Waals surface area contributed by atoms with Gasteiger partial charge in [-0.1, -0.05) is 33.6 Å². The third-order valence-corrected chi connectivity index (χ3v) is 3.68. The molecule has 0 saturated heterocycles. The van der Waals surface area contributed by atoms with Crippen LogP contribution >= 0.6 is 0 Å². The fourth-order valence-electron chi connectivity index (χ4n) is 2.22. The summed E-state index contributed by atoms with van der Waals surface area (Å²) in [6, 6.07) is -0.516. The Labute approximate surface area is 122 Å². The van der Waals surface area contributed by atoms with Gasteiger partial charge in [-0.05, 0) is 39.0 Å². The maximum atomic E-state index is 12.2. The number of unbranched alkanes of at least 4 members (excludes halogenated alkanes) is 1. The van der Waals surface area contributed by atoms with Gasteiger partial charge in [-0.25, -0.2) is 4.79 Å². The van der Waals surface area contributed by atoms with Crippen molar-refractivity contribution in [3.8, 4) is 0 Å². The molecule has 1 fully saturated rings. The van der Waals surface area contributed by atoms with E-state index in [0.29, 0.717) is 6.42 Å². The lowest BCUT2D eigenvalue weighted by molar-refractivity contribution is -0.159. The average molecular weight is 283 g/mol. The van der Waals surface area contributed by atoms with Crippen LogP contribution in [0.2, 0.25) is 0 Å². The highest BCUT2D eigenvalue weighted by molar-refractivity contribution is 5.87. The Balaban J connectivity index is 2.60. The Hall–Kier alpha value is -1.06. The van der Waals surface area contributed by atoms with E-state index in [1.54, 1.807) is 0 Å². The summed E-state index contributed by atoms with van der Waals surface area (Å²) in [6.07, 6.45) is 3.43. The molecule has 1 rings (SSSR count). The molecular weight excluding hydrogens is 254 g/mol. The summed E-state index contributed by atoms with van der Waals surface area (Å²) in [5.74, 6) is -0.297. The Kier molecular flexibility index (Phi) is 5.22. The number of ether oxygens (including phenoxy) is 1. The molecule has 0 spiro atoms. The molecule has 0 aliphatic heterocycles. The number of esters is 1. The zero-order chi connectivity index (χ0) is 15.6. The van der Waals surface area contributed by atoms with E-state index in [9.17, 15) is 9.59 Å². The van der Waals surface area contributed by atoms with Crippen molar-refractivity contribution in [2.75, 3.05) is 0 Å². The predicted octanol–water partition coefficient (Wildman–Crippen LogP) is 3.05. The number of nitrogens with one attached hydrogen (secondary N) is 1. The van der Waals surface area contributed by atoms with Gasteiger partial charge >= 0.3 is 5.97 Å². The molecule has 4 heteroatoms. The lowest BCUT2D eigenvalue weighted by Crippen LogP contribution is -2.45. The number of carbonyl (C=O) groups is 2. The second-order valence-electron chi connectivity index (χ2n) is 7.48. The monoisotopic (exact) mass is 283 g/mol. The molecule has 20 heavy (non-hydrogen) atoms. The van der Waals surface area contributed by atoms with Gasteiger partial charge in [0.05, 0.1) is 0 Å². The van der Waals surface area contributed by atoms with Gasteiger partial charge in [0.15, 0.2) is 0 Å². The molecule has 0 bridgehead atoms. The molecule has 1 aliphatic rings. The quantitative estimate of drug-likeness (QED) is 0.762. The van der Waals surface area contributed by atoms with Gasteiger partial charge in [0, 0.05) is 5.92 Å². The molecule has 1 saturated carbocycles. The lowest BCUT2D eigenvalue weighted by Gasteiger charge is -2.24. The van der Waals surface area contributed by atoms with Crippen LogP contribution in [0.4, 0.5) is 0 Å². The molecule has 1 aliphatic carbocycles. The van der Waals surface area contributed by atoms with Crippen LogP contribution in [0.15, 0.2) is 0 Å². The molecule has 2 atom stereocenters. The zero-order valence-electron chi connectivity index (χ0n) is 13.7. The summed E-state index contributed by atoms with van der Waals surface area (Å²) in [4.78, 5) is 24.3. The fourth-order valence-corrected chi connectivity index (χ4v) is 2.22. The zero-order valence-corrected chi connectivity index (χ0v) is 13.7. The minimum atomic E-state index is -0.523. The molecule has 1 N–H and O–H groups in total. The highest BCUT2D eigenvalue weighted by atomic mass is 16.6. The van der Waals surface area contributed by atoms with Crippen molar-refractivity contribution in [2.45, 2.75) is 78.9 Å². The van der Waals surface area contributed by atoms with Crippen molar-refractivity contribution >= 4 is 11.9 Å². The molecule has 0 aromatic carbocycles. The summed E-state index contributed by atoms with van der Waals surface area (Å²) in [5.41, 5.74) is -0.446. The van der Waals surface area contributed by atoms with Crippen LogP contribution in [0.25, 0.3) is 0 Å². The maximum Gasteiger partial charge on any atom is 0.329 e. The van der Waals surface area contributed by atoms with Crippen molar-refractivity contribution in [1.29, 1.82) is 0 Å². The molecule has 1 unspecified atom stereocenters. The van der Waals surface area contributed by atoms with Crippen LogP contribution in [-0.4, -0.2) is 23.5 Å². The van der Waals surface area contributed by atoms with Gasteiger partial charge < -0.3 is 10.1 Å². The largest absolute Gasteiger partial charge is 0.458 e. The number of carbonyl (C=O) groups excluding carboxylic acids is 2. The first-order valence-corrected chi connectivity index (χ1v) is 7.60. The van der Waals surface area contributed by atoms with Crippen molar-refractivity contribution in [1.82, 2.24) is 5.32 Å². The molecule has 116 valence electrons. The van der Waals surface area contributed by atoms with E-state index >= 15 is 0 Å². The second-order valence-corrected chi connectivity index (χ2v) is 7.48. The van der Waals surface area contributed by atoms with Crippen LogP contribution in [0.5, 0.6) is 0 Å². The third kappa shape index (κ3) is 5.14. The summed E-state index contributed by atoms with van der Waals surface area (Å²) < 4.78 is 5.40. The molecule has 4 nitrogen and oxygen atoms in total. The number of hydrogen-bond donors (Lipinski definition) is 1. The van der Waals surface area contributed by atoms with Crippen molar-refractivity contribution in [2.24, 2.45) is 11.3 Å².